The van der Waals surface area contributed by atoms with Crippen LogP contribution in [0.5, 0.6) is 0 Å². The van der Waals surface area contributed by atoms with Crippen molar-refractivity contribution in [1.82, 2.24) is 4.90 Å². The second-order valence-electron chi connectivity index (χ2n) is 5.80. The fourth-order valence-electron chi connectivity index (χ4n) is 3.04. The van der Waals surface area contributed by atoms with Gasteiger partial charge >= 0.3 is 0 Å². The summed E-state index contributed by atoms with van der Waals surface area (Å²) < 4.78 is 5.93. The summed E-state index contributed by atoms with van der Waals surface area (Å²) >= 11 is 0. The van der Waals surface area contributed by atoms with E-state index in [1.807, 2.05) is 0 Å². The van der Waals surface area contributed by atoms with Crippen LogP contribution < -0.4 is 5.73 Å². The summed E-state index contributed by atoms with van der Waals surface area (Å²) in [4.78, 5) is 2.50. The predicted molar refractivity (Wildman–Crippen MR) is 83.8 cm³/mol. The smallest absolute Gasteiger partial charge is 0.0702 e. The second kappa shape index (κ2) is 7.77. The van der Waals surface area contributed by atoms with Gasteiger partial charge < -0.3 is 10.5 Å². The van der Waals surface area contributed by atoms with Crippen LogP contribution in [0.1, 0.15) is 43.4 Å². The molecule has 1 aliphatic heterocycles. The molecule has 1 aliphatic rings. The van der Waals surface area contributed by atoms with Crippen LogP contribution in [0.2, 0.25) is 0 Å². The van der Waals surface area contributed by atoms with Gasteiger partial charge in [-0.1, -0.05) is 36.8 Å². The SMILES string of the molecule is CCCOC1CCCN(C(CN)c2cccc(C)c2)C1. The van der Waals surface area contributed by atoms with Crippen molar-refractivity contribution in [2.75, 3.05) is 26.2 Å². The topological polar surface area (TPSA) is 38.5 Å². The molecule has 1 saturated heterocycles. The van der Waals surface area contributed by atoms with E-state index in [9.17, 15) is 0 Å². The average molecular weight is 276 g/mol. The minimum absolute atomic E-state index is 0.322. The van der Waals surface area contributed by atoms with Gasteiger partial charge in [-0.15, -0.1) is 0 Å². The maximum Gasteiger partial charge on any atom is 0.0702 e. The second-order valence-corrected chi connectivity index (χ2v) is 5.80. The average Bonchev–Trinajstić information content (AvgIpc) is 2.46. The van der Waals surface area contributed by atoms with Gasteiger partial charge in [0.1, 0.15) is 0 Å². The summed E-state index contributed by atoms with van der Waals surface area (Å²) in [5.41, 5.74) is 8.69. The molecule has 1 fully saturated rings. The van der Waals surface area contributed by atoms with Gasteiger partial charge in [0.05, 0.1) is 6.10 Å². The number of benzene rings is 1. The Hall–Kier alpha value is -0.900. The Morgan fingerprint density at radius 3 is 3.00 bits per heavy atom. The Morgan fingerprint density at radius 2 is 2.30 bits per heavy atom. The summed E-state index contributed by atoms with van der Waals surface area (Å²) in [7, 11) is 0. The Bertz CT molecular complexity index is 408. The quantitative estimate of drug-likeness (QED) is 0.868. The van der Waals surface area contributed by atoms with Crippen LogP contribution in [0.3, 0.4) is 0 Å². The van der Waals surface area contributed by atoms with Crippen molar-refractivity contribution in [3.63, 3.8) is 0 Å². The summed E-state index contributed by atoms with van der Waals surface area (Å²) in [6, 6.07) is 9.04. The Balaban J connectivity index is 2.03. The van der Waals surface area contributed by atoms with Crippen LogP contribution in [0.15, 0.2) is 24.3 Å². The Labute approximate surface area is 123 Å². The van der Waals surface area contributed by atoms with Crippen molar-refractivity contribution >= 4 is 0 Å². The van der Waals surface area contributed by atoms with E-state index in [-0.39, 0.29) is 0 Å². The third-order valence-corrected chi connectivity index (χ3v) is 4.06. The molecule has 20 heavy (non-hydrogen) atoms. The van der Waals surface area contributed by atoms with Gasteiger partial charge in [0, 0.05) is 25.7 Å². The van der Waals surface area contributed by atoms with E-state index in [2.05, 4.69) is 43.0 Å². The molecule has 112 valence electrons. The fraction of sp³-hybridized carbons (Fsp3) is 0.647. The standard InChI is InChI=1S/C17H28N2O/c1-3-10-20-16-8-5-9-19(13-16)17(12-18)15-7-4-6-14(2)11-15/h4,6-7,11,16-17H,3,5,8-10,12-13,18H2,1-2H3. The van der Waals surface area contributed by atoms with Crippen LogP contribution in [0.25, 0.3) is 0 Å². The van der Waals surface area contributed by atoms with E-state index in [1.165, 1.54) is 24.0 Å². The first-order valence-corrected chi connectivity index (χ1v) is 7.87. The van der Waals surface area contributed by atoms with E-state index in [4.69, 9.17) is 10.5 Å². The summed E-state index contributed by atoms with van der Waals surface area (Å²) in [5.74, 6) is 0. The molecule has 0 aliphatic carbocycles. The zero-order chi connectivity index (χ0) is 14.4. The van der Waals surface area contributed by atoms with Crippen molar-refractivity contribution in [2.24, 2.45) is 5.73 Å². The van der Waals surface area contributed by atoms with E-state index < -0.39 is 0 Å². The van der Waals surface area contributed by atoms with Gasteiger partial charge in [-0.3, -0.25) is 4.90 Å². The van der Waals surface area contributed by atoms with Crippen molar-refractivity contribution in [2.45, 2.75) is 45.3 Å². The number of aryl methyl sites for hydroxylation is 1. The maximum absolute atomic E-state index is 6.05. The molecule has 0 spiro atoms. The first-order chi connectivity index (χ1) is 9.74. The summed E-state index contributed by atoms with van der Waals surface area (Å²) in [5, 5.41) is 0. The molecule has 1 aromatic carbocycles. The maximum atomic E-state index is 6.05. The predicted octanol–water partition coefficient (Wildman–Crippen LogP) is 2.89. The van der Waals surface area contributed by atoms with Crippen LogP contribution in [0, 0.1) is 6.92 Å². The van der Waals surface area contributed by atoms with Gasteiger partial charge in [-0.2, -0.15) is 0 Å². The van der Waals surface area contributed by atoms with Crippen molar-refractivity contribution in [1.29, 1.82) is 0 Å². The highest BCUT2D eigenvalue weighted by molar-refractivity contribution is 5.25. The van der Waals surface area contributed by atoms with Gasteiger partial charge in [0.15, 0.2) is 0 Å². The molecule has 1 aromatic rings. The lowest BCUT2D eigenvalue weighted by Crippen LogP contribution is -2.44. The number of ether oxygens (including phenoxy) is 1. The highest BCUT2D eigenvalue weighted by Gasteiger charge is 2.26. The molecule has 1 heterocycles. The Kier molecular flexibility index (Phi) is 6.02. The number of likely N-dealkylation sites (tertiary alicyclic amines) is 1. The lowest BCUT2D eigenvalue weighted by Gasteiger charge is -2.38. The highest BCUT2D eigenvalue weighted by Crippen LogP contribution is 2.25. The lowest BCUT2D eigenvalue weighted by molar-refractivity contribution is -0.0118. The molecule has 2 N–H and O–H groups in total. The summed E-state index contributed by atoms with van der Waals surface area (Å²) in [6.07, 6.45) is 3.86. The monoisotopic (exact) mass is 276 g/mol. The zero-order valence-corrected chi connectivity index (χ0v) is 12.8. The van der Waals surface area contributed by atoms with Crippen LogP contribution in [-0.4, -0.2) is 37.2 Å². The van der Waals surface area contributed by atoms with E-state index in [0.29, 0.717) is 18.7 Å². The molecule has 3 heteroatoms. The lowest BCUT2D eigenvalue weighted by atomic mass is 9.99. The molecular formula is C17H28N2O. The minimum atomic E-state index is 0.322. The van der Waals surface area contributed by atoms with Gasteiger partial charge in [0.2, 0.25) is 0 Å². The van der Waals surface area contributed by atoms with E-state index in [0.717, 1.165) is 26.1 Å². The highest BCUT2D eigenvalue weighted by atomic mass is 16.5. The van der Waals surface area contributed by atoms with Crippen molar-refractivity contribution in [3.8, 4) is 0 Å². The molecular weight excluding hydrogens is 248 g/mol. The van der Waals surface area contributed by atoms with Gasteiger partial charge in [0.25, 0.3) is 0 Å². The number of piperidine rings is 1. The molecule has 2 unspecified atom stereocenters. The minimum Gasteiger partial charge on any atom is -0.377 e. The van der Waals surface area contributed by atoms with Gasteiger partial charge in [-0.25, -0.2) is 0 Å². The number of hydrogen-bond acceptors (Lipinski definition) is 3. The van der Waals surface area contributed by atoms with Crippen LogP contribution in [0.4, 0.5) is 0 Å². The molecule has 0 aromatic heterocycles. The normalized spacial score (nSPS) is 21.9. The number of nitrogens with zero attached hydrogens (tertiary/aromatic N) is 1. The van der Waals surface area contributed by atoms with E-state index >= 15 is 0 Å². The first kappa shape index (κ1) is 15.5. The molecule has 0 radical (unpaired) electrons. The number of hydrogen-bond donors (Lipinski definition) is 1. The molecule has 3 nitrogen and oxygen atoms in total. The van der Waals surface area contributed by atoms with Crippen molar-refractivity contribution in [3.05, 3.63) is 35.4 Å². The van der Waals surface area contributed by atoms with Gasteiger partial charge in [-0.05, 0) is 38.3 Å². The van der Waals surface area contributed by atoms with E-state index in [1.54, 1.807) is 0 Å². The first-order valence-electron chi connectivity index (χ1n) is 7.87. The molecule has 0 bridgehead atoms. The molecule has 0 saturated carbocycles. The summed E-state index contributed by atoms with van der Waals surface area (Å²) in [6.45, 7) is 7.98. The largest absolute Gasteiger partial charge is 0.377 e. The third kappa shape index (κ3) is 4.05. The molecule has 0 amide bonds. The number of nitrogens with two attached hydrogens (primary N) is 1. The molecule has 2 atom stereocenters. The Morgan fingerprint density at radius 1 is 1.45 bits per heavy atom. The fourth-order valence-corrected chi connectivity index (χ4v) is 3.04. The molecule has 2 rings (SSSR count). The third-order valence-electron chi connectivity index (χ3n) is 4.06. The van der Waals surface area contributed by atoms with Crippen LogP contribution in [-0.2, 0) is 4.74 Å². The number of rotatable bonds is 6. The zero-order valence-electron chi connectivity index (χ0n) is 12.8. The van der Waals surface area contributed by atoms with Crippen LogP contribution >= 0.6 is 0 Å². The van der Waals surface area contributed by atoms with Crippen molar-refractivity contribution < 1.29 is 4.74 Å².